The molecule has 7 nitrogen and oxygen atoms in total. The fourth-order valence-electron chi connectivity index (χ4n) is 1.54. The van der Waals surface area contributed by atoms with Gasteiger partial charge in [-0.3, -0.25) is 4.79 Å². The van der Waals surface area contributed by atoms with Crippen molar-refractivity contribution in [3.63, 3.8) is 0 Å². The predicted molar refractivity (Wildman–Crippen MR) is 59.8 cm³/mol. The number of carbonyl (C=O) groups is 2. The Morgan fingerprint density at radius 1 is 1.53 bits per heavy atom. The van der Waals surface area contributed by atoms with Crippen LogP contribution in [0.2, 0.25) is 0 Å². The van der Waals surface area contributed by atoms with Gasteiger partial charge in [0.25, 0.3) is 0 Å². The SMILES string of the molecule is CCOC(=O)C(N)C(=O)NC1CCS(=O)(=O)C1. The van der Waals surface area contributed by atoms with E-state index in [4.69, 9.17) is 5.73 Å². The summed E-state index contributed by atoms with van der Waals surface area (Å²) in [6, 6.07) is -1.87. The maximum atomic E-state index is 11.5. The van der Waals surface area contributed by atoms with E-state index in [1.54, 1.807) is 6.92 Å². The van der Waals surface area contributed by atoms with Crippen LogP contribution < -0.4 is 11.1 Å². The molecule has 0 aromatic rings. The molecule has 0 aliphatic carbocycles. The van der Waals surface area contributed by atoms with Crippen molar-refractivity contribution in [3.05, 3.63) is 0 Å². The van der Waals surface area contributed by atoms with E-state index in [9.17, 15) is 18.0 Å². The third-order valence-corrected chi connectivity index (χ3v) is 4.17. The van der Waals surface area contributed by atoms with Crippen molar-refractivity contribution >= 4 is 21.7 Å². The van der Waals surface area contributed by atoms with Crippen LogP contribution in [0.15, 0.2) is 0 Å². The largest absolute Gasteiger partial charge is 0.464 e. The summed E-state index contributed by atoms with van der Waals surface area (Å²) >= 11 is 0. The van der Waals surface area contributed by atoms with Gasteiger partial charge in [0.2, 0.25) is 5.91 Å². The molecule has 1 heterocycles. The molecule has 1 fully saturated rings. The fraction of sp³-hybridized carbons (Fsp3) is 0.778. The van der Waals surface area contributed by atoms with Gasteiger partial charge >= 0.3 is 5.97 Å². The van der Waals surface area contributed by atoms with Crippen molar-refractivity contribution in [2.45, 2.75) is 25.4 Å². The van der Waals surface area contributed by atoms with Gasteiger partial charge in [-0.05, 0) is 13.3 Å². The van der Waals surface area contributed by atoms with E-state index in [2.05, 4.69) is 10.1 Å². The molecule has 0 bridgehead atoms. The first-order valence-electron chi connectivity index (χ1n) is 5.28. The smallest absolute Gasteiger partial charge is 0.332 e. The van der Waals surface area contributed by atoms with Crippen molar-refractivity contribution in [3.8, 4) is 0 Å². The summed E-state index contributed by atoms with van der Waals surface area (Å²) in [5, 5.41) is 2.43. The summed E-state index contributed by atoms with van der Waals surface area (Å²) in [6.07, 6.45) is 0.351. The van der Waals surface area contributed by atoms with Crippen LogP contribution in [0.4, 0.5) is 0 Å². The molecule has 1 aliphatic heterocycles. The molecule has 0 aromatic heterocycles. The summed E-state index contributed by atoms with van der Waals surface area (Å²) in [4.78, 5) is 22.7. The molecule has 1 saturated heterocycles. The van der Waals surface area contributed by atoms with Crippen LogP contribution in [-0.2, 0) is 24.2 Å². The van der Waals surface area contributed by atoms with Crippen LogP contribution >= 0.6 is 0 Å². The molecule has 3 N–H and O–H groups in total. The average molecular weight is 264 g/mol. The van der Waals surface area contributed by atoms with Gasteiger partial charge in [-0.2, -0.15) is 0 Å². The minimum Gasteiger partial charge on any atom is -0.464 e. The highest BCUT2D eigenvalue weighted by atomic mass is 32.2. The quantitative estimate of drug-likeness (QED) is 0.456. The van der Waals surface area contributed by atoms with Crippen molar-refractivity contribution < 1.29 is 22.7 Å². The van der Waals surface area contributed by atoms with E-state index in [1.165, 1.54) is 0 Å². The molecule has 17 heavy (non-hydrogen) atoms. The summed E-state index contributed by atoms with van der Waals surface area (Å²) in [7, 11) is -3.07. The van der Waals surface area contributed by atoms with Gasteiger partial charge in [0, 0.05) is 6.04 Å². The maximum absolute atomic E-state index is 11.5. The summed E-state index contributed by atoms with van der Waals surface area (Å²) in [5.74, 6) is -1.57. The number of rotatable bonds is 4. The van der Waals surface area contributed by atoms with Crippen LogP contribution in [0.25, 0.3) is 0 Å². The summed E-state index contributed by atoms with van der Waals surface area (Å²) in [5.41, 5.74) is 5.36. The predicted octanol–water partition coefficient (Wildman–Crippen LogP) is -1.82. The first-order chi connectivity index (χ1) is 7.85. The second-order valence-corrected chi connectivity index (χ2v) is 6.07. The fourth-order valence-corrected chi connectivity index (χ4v) is 3.21. The van der Waals surface area contributed by atoms with E-state index in [-0.39, 0.29) is 18.1 Å². The number of esters is 1. The zero-order valence-corrected chi connectivity index (χ0v) is 10.3. The Hall–Kier alpha value is -1.15. The lowest BCUT2D eigenvalue weighted by molar-refractivity contribution is -0.148. The number of nitrogens with two attached hydrogens (primary N) is 1. The summed E-state index contributed by atoms with van der Waals surface area (Å²) in [6.45, 7) is 1.74. The standard InChI is InChI=1S/C9H16N2O5S/c1-2-16-9(13)7(10)8(12)11-6-3-4-17(14,15)5-6/h6-7H,2-5,10H2,1H3,(H,11,12). The molecule has 2 atom stereocenters. The van der Waals surface area contributed by atoms with E-state index in [0.29, 0.717) is 6.42 Å². The van der Waals surface area contributed by atoms with E-state index >= 15 is 0 Å². The minimum absolute atomic E-state index is 0.0482. The second kappa shape index (κ2) is 5.46. The van der Waals surface area contributed by atoms with Gasteiger partial charge < -0.3 is 15.8 Å². The zero-order chi connectivity index (χ0) is 13.1. The van der Waals surface area contributed by atoms with Crippen LogP contribution in [0.5, 0.6) is 0 Å². The lowest BCUT2D eigenvalue weighted by Gasteiger charge is -2.14. The molecule has 98 valence electrons. The normalized spacial score (nSPS) is 24.0. The molecule has 1 amide bonds. The molecule has 0 saturated carbocycles. The zero-order valence-electron chi connectivity index (χ0n) is 9.51. The number of hydrogen-bond acceptors (Lipinski definition) is 6. The Bertz CT molecular complexity index is 406. The first kappa shape index (κ1) is 13.9. The lowest BCUT2D eigenvalue weighted by atomic mass is 10.2. The third kappa shape index (κ3) is 3.97. The van der Waals surface area contributed by atoms with Gasteiger partial charge in [-0.25, -0.2) is 13.2 Å². The maximum Gasteiger partial charge on any atom is 0.332 e. The van der Waals surface area contributed by atoms with Crippen molar-refractivity contribution in [1.82, 2.24) is 5.32 Å². The molecule has 8 heteroatoms. The molecule has 0 radical (unpaired) electrons. The monoisotopic (exact) mass is 264 g/mol. The van der Waals surface area contributed by atoms with E-state index in [1.807, 2.05) is 0 Å². The molecular formula is C9H16N2O5S. The molecule has 2 unspecified atom stereocenters. The molecule has 1 rings (SSSR count). The number of carbonyl (C=O) groups excluding carboxylic acids is 2. The lowest BCUT2D eigenvalue weighted by Crippen LogP contribution is -2.50. The Morgan fingerprint density at radius 2 is 2.18 bits per heavy atom. The van der Waals surface area contributed by atoms with Crippen molar-refractivity contribution in [1.29, 1.82) is 0 Å². The van der Waals surface area contributed by atoms with Crippen LogP contribution in [0, 0.1) is 0 Å². The number of sulfone groups is 1. The van der Waals surface area contributed by atoms with Gasteiger partial charge in [0.15, 0.2) is 15.9 Å². The average Bonchev–Trinajstić information content (AvgIpc) is 2.57. The minimum atomic E-state index is -3.07. The van der Waals surface area contributed by atoms with Gasteiger partial charge in [-0.1, -0.05) is 0 Å². The Kier molecular flexibility index (Phi) is 4.47. The Labute approximate surface area is 99.6 Å². The van der Waals surface area contributed by atoms with Gasteiger partial charge in [0.1, 0.15) is 0 Å². The second-order valence-electron chi connectivity index (χ2n) is 3.84. The van der Waals surface area contributed by atoms with Crippen LogP contribution in [0.3, 0.4) is 0 Å². The van der Waals surface area contributed by atoms with E-state index < -0.39 is 33.8 Å². The number of hydrogen-bond donors (Lipinski definition) is 2. The third-order valence-electron chi connectivity index (χ3n) is 2.40. The molecule has 1 aliphatic rings. The molecular weight excluding hydrogens is 248 g/mol. The van der Waals surface area contributed by atoms with Crippen LogP contribution in [0.1, 0.15) is 13.3 Å². The van der Waals surface area contributed by atoms with Gasteiger partial charge in [0.05, 0.1) is 18.1 Å². The number of ether oxygens (including phenoxy) is 1. The van der Waals surface area contributed by atoms with Crippen molar-refractivity contribution in [2.24, 2.45) is 5.73 Å². The Balaban J connectivity index is 2.47. The summed E-state index contributed by atoms with van der Waals surface area (Å²) < 4.78 is 26.9. The topological polar surface area (TPSA) is 116 Å². The van der Waals surface area contributed by atoms with Crippen LogP contribution in [-0.4, -0.2) is 50.5 Å². The highest BCUT2D eigenvalue weighted by Gasteiger charge is 2.32. The van der Waals surface area contributed by atoms with E-state index in [0.717, 1.165) is 0 Å². The first-order valence-corrected chi connectivity index (χ1v) is 7.11. The molecule has 0 spiro atoms. The van der Waals surface area contributed by atoms with Gasteiger partial charge in [-0.15, -0.1) is 0 Å². The Morgan fingerprint density at radius 3 is 2.65 bits per heavy atom. The van der Waals surface area contributed by atoms with Crippen molar-refractivity contribution in [2.75, 3.05) is 18.1 Å². The number of amides is 1. The molecule has 0 aromatic carbocycles. The highest BCUT2D eigenvalue weighted by molar-refractivity contribution is 7.91. The highest BCUT2D eigenvalue weighted by Crippen LogP contribution is 2.11. The number of nitrogens with one attached hydrogen (secondary N) is 1.